The van der Waals surface area contributed by atoms with Gasteiger partial charge >= 0.3 is 0 Å². The van der Waals surface area contributed by atoms with Gasteiger partial charge in [-0.3, -0.25) is 0 Å². The summed E-state index contributed by atoms with van der Waals surface area (Å²) in [6, 6.07) is 9.58. The molecule has 3 nitrogen and oxygen atoms in total. The summed E-state index contributed by atoms with van der Waals surface area (Å²) >= 11 is 0. The van der Waals surface area contributed by atoms with E-state index in [-0.39, 0.29) is 11.7 Å². The van der Waals surface area contributed by atoms with Crippen LogP contribution >= 0.6 is 0 Å². The Balaban J connectivity index is 2.39. The number of hydrogen-bond donors (Lipinski definition) is 1. The third kappa shape index (κ3) is 4.77. The van der Waals surface area contributed by atoms with E-state index in [1.165, 1.54) is 0 Å². The van der Waals surface area contributed by atoms with Crippen LogP contribution in [0.15, 0.2) is 30.3 Å². The zero-order valence-electron chi connectivity index (χ0n) is 11.7. The summed E-state index contributed by atoms with van der Waals surface area (Å²) in [7, 11) is 1.70. The zero-order valence-corrected chi connectivity index (χ0v) is 11.7. The van der Waals surface area contributed by atoms with E-state index in [2.05, 4.69) is 0 Å². The molecule has 0 amide bonds. The van der Waals surface area contributed by atoms with Crippen LogP contribution in [0.4, 0.5) is 0 Å². The predicted molar refractivity (Wildman–Crippen MR) is 72.5 cm³/mol. The van der Waals surface area contributed by atoms with Gasteiger partial charge in [0.25, 0.3) is 0 Å². The number of rotatable bonds is 7. The molecule has 1 aromatic rings. The Morgan fingerprint density at radius 1 is 1.22 bits per heavy atom. The molecule has 3 heteroatoms. The number of aliphatic hydroxyl groups excluding tert-OH is 1. The summed E-state index contributed by atoms with van der Waals surface area (Å²) in [5.74, 6) is 0. The van der Waals surface area contributed by atoms with Crippen molar-refractivity contribution in [3.63, 3.8) is 0 Å². The largest absolute Gasteiger partial charge is 0.386 e. The van der Waals surface area contributed by atoms with E-state index in [0.717, 1.165) is 12.0 Å². The van der Waals surface area contributed by atoms with Crippen molar-refractivity contribution in [3.8, 4) is 0 Å². The molecule has 0 radical (unpaired) electrons. The maximum Gasteiger partial charge on any atom is 0.105 e. The minimum Gasteiger partial charge on any atom is -0.386 e. The van der Waals surface area contributed by atoms with Crippen LogP contribution in [0, 0.1) is 0 Å². The average Bonchev–Trinajstić information content (AvgIpc) is 2.38. The number of ether oxygens (including phenoxy) is 2. The zero-order chi connectivity index (χ0) is 13.6. The average molecular weight is 252 g/mol. The third-order valence-corrected chi connectivity index (χ3v) is 3.22. The van der Waals surface area contributed by atoms with Crippen molar-refractivity contribution in [1.29, 1.82) is 0 Å². The van der Waals surface area contributed by atoms with E-state index in [9.17, 15) is 5.11 Å². The fourth-order valence-electron chi connectivity index (χ4n) is 1.61. The number of benzene rings is 1. The van der Waals surface area contributed by atoms with E-state index in [4.69, 9.17) is 9.47 Å². The van der Waals surface area contributed by atoms with E-state index in [0.29, 0.717) is 6.61 Å². The molecule has 1 rings (SSSR count). The van der Waals surface area contributed by atoms with Gasteiger partial charge < -0.3 is 14.6 Å². The second-order valence-corrected chi connectivity index (χ2v) is 5.15. The Morgan fingerprint density at radius 3 is 2.39 bits per heavy atom. The quantitative estimate of drug-likeness (QED) is 0.811. The van der Waals surface area contributed by atoms with Gasteiger partial charge in [0, 0.05) is 13.7 Å². The van der Waals surface area contributed by atoms with Crippen LogP contribution in [0.1, 0.15) is 38.9 Å². The summed E-state index contributed by atoms with van der Waals surface area (Å²) in [5, 5.41) is 10.1. The van der Waals surface area contributed by atoms with Crippen molar-refractivity contribution in [3.05, 3.63) is 35.9 Å². The number of hydrogen-bond acceptors (Lipinski definition) is 3. The molecule has 0 saturated carbocycles. The Morgan fingerprint density at radius 2 is 1.83 bits per heavy atom. The first-order chi connectivity index (χ1) is 8.46. The van der Waals surface area contributed by atoms with Crippen molar-refractivity contribution in [2.24, 2.45) is 0 Å². The molecule has 0 saturated heterocycles. The second kappa shape index (κ2) is 6.88. The van der Waals surface area contributed by atoms with Crippen LogP contribution in [0.25, 0.3) is 0 Å². The van der Waals surface area contributed by atoms with Gasteiger partial charge in [-0.05, 0) is 32.8 Å². The summed E-state index contributed by atoms with van der Waals surface area (Å²) in [5.41, 5.74) is 0.702. The van der Waals surface area contributed by atoms with Crippen LogP contribution in [0.5, 0.6) is 0 Å². The molecular weight excluding hydrogens is 228 g/mol. The molecule has 0 bridgehead atoms. The summed E-state index contributed by atoms with van der Waals surface area (Å²) in [6.45, 7) is 6.51. The van der Waals surface area contributed by atoms with Crippen LogP contribution in [0.3, 0.4) is 0 Å². The predicted octanol–water partition coefficient (Wildman–Crippen LogP) is 2.94. The van der Waals surface area contributed by atoms with Crippen molar-refractivity contribution < 1.29 is 14.6 Å². The fourth-order valence-corrected chi connectivity index (χ4v) is 1.61. The topological polar surface area (TPSA) is 38.7 Å². The number of methoxy groups -OCH3 is 1. The maximum atomic E-state index is 10.1. The third-order valence-electron chi connectivity index (χ3n) is 3.22. The van der Waals surface area contributed by atoms with E-state index >= 15 is 0 Å². The second-order valence-electron chi connectivity index (χ2n) is 5.15. The molecule has 0 aliphatic rings. The Kier molecular flexibility index (Phi) is 5.79. The molecule has 0 aromatic heterocycles. The molecule has 0 aliphatic carbocycles. The Labute approximate surface area is 110 Å². The van der Waals surface area contributed by atoms with Gasteiger partial charge in [0.1, 0.15) is 6.10 Å². The molecule has 2 unspecified atom stereocenters. The van der Waals surface area contributed by atoms with E-state index < -0.39 is 6.10 Å². The van der Waals surface area contributed by atoms with Gasteiger partial charge in [0.2, 0.25) is 0 Å². The molecule has 0 aliphatic heterocycles. The summed E-state index contributed by atoms with van der Waals surface area (Å²) in [6.07, 6.45) is -0.00747. The molecule has 0 fully saturated rings. The van der Waals surface area contributed by atoms with Crippen LogP contribution in [0.2, 0.25) is 0 Å². The maximum absolute atomic E-state index is 10.1. The highest BCUT2D eigenvalue weighted by Gasteiger charge is 2.20. The van der Waals surface area contributed by atoms with E-state index in [1.807, 2.05) is 51.1 Å². The van der Waals surface area contributed by atoms with Crippen LogP contribution < -0.4 is 0 Å². The van der Waals surface area contributed by atoms with Gasteiger partial charge in [-0.1, -0.05) is 30.3 Å². The SMILES string of the molecule is COC(C)(C)CCOC(C)C(O)c1ccccc1. The lowest BCUT2D eigenvalue weighted by Crippen LogP contribution is -2.27. The first kappa shape index (κ1) is 15.2. The molecule has 18 heavy (non-hydrogen) atoms. The lowest BCUT2D eigenvalue weighted by Gasteiger charge is -2.25. The highest BCUT2D eigenvalue weighted by Crippen LogP contribution is 2.20. The molecule has 0 heterocycles. The Bertz CT molecular complexity index is 335. The Hall–Kier alpha value is -0.900. The molecule has 0 spiro atoms. The van der Waals surface area contributed by atoms with Gasteiger partial charge in [-0.15, -0.1) is 0 Å². The standard InChI is InChI=1S/C15H24O3/c1-12(18-11-10-15(2,3)17-4)14(16)13-8-6-5-7-9-13/h5-9,12,14,16H,10-11H2,1-4H3. The molecule has 1 N–H and O–H groups in total. The van der Waals surface area contributed by atoms with Crippen molar-refractivity contribution >= 4 is 0 Å². The van der Waals surface area contributed by atoms with Gasteiger partial charge in [-0.25, -0.2) is 0 Å². The van der Waals surface area contributed by atoms with Gasteiger partial charge in [0.05, 0.1) is 11.7 Å². The monoisotopic (exact) mass is 252 g/mol. The first-order valence-corrected chi connectivity index (χ1v) is 6.36. The highest BCUT2D eigenvalue weighted by atomic mass is 16.5. The van der Waals surface area contributed by atoms with Gasteiger partial charge in [0.15, 0.2) is 0 Å². The molecule has 1 aromatic carbocycles. The fraction of sp³-hybridized carbons (Fsp3) is 0.600. The molecule has 2 atom stereocenters. The minimum absolute atomic E-state index is 0.183. The van der Waals surface area contributed by atoms with E-state index in [1.54, 1.807) is 7.11 Å². The molecule has 102 valence electrons. The van der Waals surface area contributed by atoms with Crippen molar-refractivity contribution in [2.45, 2.75) is 45.0 Å². The number of aliphatic hydroxyl groups is 1. The lowest BCUT2D eigenvalue weighted by molar-refractivity contribution is -0.0581. The normalized spacial score (nSPS) is 15.4. The lowest BCUT2D eigenvalue weighted by atomic mass is 10.0. The van der Waals surface area contributed by atoms with Crippen molar-refractivity contribution in [2.75, 3.05) is 13.7 Å². The summed E-state index contributed by atoms with van der Waals surface area (Å²) in [4.78, 5) is 0. The minimum atomic E-state index is -0.586. The van der Waals surface area contributed by atoms with Crippen LogP contribution in [-0.2, 0) is 9.47 Å². The smallest absolute Gasteiger partial charge is 0.105 e. The molecular formula is C15H24O3. The summed E-state index contributed by atoms with van der Waals surface area (Å²) < 4.78 is 11.0. The first-order valence-electron chi connectivity index (χ1n) is 6.36. The van der Waals surface area contributed by atoms with Crippen LogP contribution in [-0.4, -0.2) is 30.5 Å². The van der Waals surface area contributed by atoms with Crippen molar-refractivity contribution in [1.82, 2.24) is 0 Å². The highest BCUT2D eigenvalue weighted by molar-refractivity contribution is 5.18. The van der Waals surface area contributed by atoms with Gasteiger partial charge in [-0.2, -0.15) is 0 Å².